The number of hydrogen-bond donors (Lipinski definition) is 3. The van der Waals surface area contributed by atoms with E-state index in [1.54, 1.807) is 24.3 Å². The van der Waals surface area contributed by atoms with Gasteiger partial charge in [0.2, 0.25) is 0 Å². The predicted octanol–water partition coefficient (Wildman–Crippen LogP) is 3.83. The lowest BCUT2D eigenvalue weighted by Crippen LogP contribution is -2.24. The van der Waals surface area contributed by atoms with E-state index in [1.807, 2.05) is 18.2 Å². The van der Waals surface area contributed by atoms with E-state index in [-0.39, 0.29) is 12.1 Å². The fourth-order valence-electron chi connectivity index (χ4n) is 2.74. The fraction of sp³-hybridized carbons (Fsp3) is 0.235. The maximum atomic E-state index is 12.1. The number of amides is 2. The van der Waals surface area contributed by atoms with Crippen LogP contribution in [0.1, 0.15) is 17.5 Å². The Labute approximate surface area is 134 Å². The quantitative estimate of drug-likeness (QED) is 0.788. The molecule has 1 atom stereocenters. The number of urea groups is 1. The second kappa shape index (κ2) is 6.38. The van der Waals surface area contributed by atoms with Crippen molar-refractivity contribution in [3.63, 3.8) is 0 Å². The average Bonchev–Trinajstić information content (AvgIpc) is 2.48. The van der Waals surface area contributed by atoms with Crippen molar-refractivity contribution >= 4 is 29.0 Å². The molecule has 1 unspecified atom stereocenters. The Kier molecular flexibility index (Phi) is 4.32. The number of aliphatic hydroxyl groups excluding tert-OH is 1. The van der Waals surface area contributed by atoms with Gasteiger partial charge in [-0.15, -0.1) is 0 Å². The van der Waals surface area contributed by atoms with Crippen LogP contribution >= 0.6 is 11.6 Å². The summed E-state index contributed by atoms with van der Waals surface area (Å²) in [5.41, 5.74) is 3.58. The maximum absolute atomic E-state index is 12.1. The second-order valence-electron chi connectivity index (χ2n) is 5.43. The van der Waals surface area contributed by atoms with Gasteiger partial charge in [-0.1, -0.05) is 29.8 Å². The molecule has 3 rings (SSSR count). The van der Waals surface area contributed by atoms with Crippen LogP contribution in [0.4, 0.5) is 16.2 Å². The third-order valence-corrected chi connectivity index (χ3v) is 4.03. The Bertz CT molecular complexity index is 703. The summed E-state index contributed by atoms with van der Waals surface area (Å²) in [7, 11) is 0. The van der Waals surface area contributed by atoms with Crippen molar-refractivity contribution < 1.29 is 9.90 Å². The van der Waals surface area contributed by atoms with Crippen molar-refractivity contribution in [1.29, 1.82) is 0 Å². The van der Waals surface area contributed by atoms with Crippen LogP contribution in [-0.4, -0.2) is 17.2 Å². The minimum atomic E-state index is -0.341. The number of fused-ring (bicyclic) bond motifs is 1. The highest BCUT2D eigenvalue weighted by Gasteiger charge is 2.19. The summed E-state index contributed by atoms with van der Waals surface area (Å²) in [4.78, 5) is 12.1. The molecule has 4 nitrogen and oxygen atoms in total. The topological polar surface area (TPSA) is 61.4 Å². The van der Waals surface area contributed by atoms with E-state index in [0.29, 0.717) is 17.1 Å². The number of aryl methyl sites for hydroxylation is 1. The summed E-state index contributed by atoms with van der Waals surface area (Å²) in [6.45, 7) is 0. The number of halogens is 1. The van der Waals surface area contributed by atoms with E-state index < -0.39 is 0 Å². The summed E-state index contributed by atoms with van der Waals surface area (Å²) in [5, 5.41) is 16.0. The van der Waals surface area contributed by atoms with E-state index in [2.05, 4.69) is 10.6 Å². The fourth-order valence-corrected chi connectivity index (χ4v) is 2.93. The second-order valence-corrected chi connectivity index (χ2v) is 5.87. The van der Waals surface area contributed by atoms with Gasteiger partial charge in [-0.3, -0.25) is 0 Å². The minimum Gasteiger partial charge on any atom is -0.393 e. The maximum Gasteiger partial charge on any atom is 0.323 e. The molecule has 3 N–H and O–H groups in total. The van der Waals surface area contributed by atoms with Crippen molar-refractivity contribution in [3.05, 3.63) is 58.6 Å². The minimum absolute atomic E-state index is 0.323. The van der Waals surface area contributed by atoms with Crippen LogP contribution in [0.15, 0.2) is 42.5 Å². The SMILES string of the molecule is O=C(Nc1cccc(Cl)c1)Nc1cccc2c1CC(O)CC2. The molecule has 2 aromatic rings. The zero-order chi connectivity index (χ0) is 15.5. The molecular weight excluding hydrogens is 300 g/mol. The van der Waals surface area contributed by atoms with Crippen molar-refractivity contribution in [2.24, 2.45) is 0 Å². The van der Waals surface area contributed by atoms with Crippen LogP contribution in [0.3, 0.4) is 0 Å². The predicted molar refractivity (Wildman–Crippen MR) is 88.6 cm³/mol. The van der Waals surface area contributed by atoms with Gasteiger partial charge in [0.05, 0.1) is 6.10 Å². The zero-order valence-electron chi connectivity index (χ0n) is 12.0. The van der Waals surface area contributed by atoms with E-state index in [1.165, 1.54) is 5.56 Å². The van der Waals surface area contributed by atoms with E-state index in [9.17, 15) is 9.90 Å². The summed E-state index contributed by atoms with van der Waals surface area (Å²) in [5.74, 6) is 0. The molecule has 2 aromatic carbocycles. The third kappa shape index (κ3) is 3.40. The average molecular weight is 317 g/mol. The number of hydrogen-bond acceptors (Lipinski definition) is 2. The van der Waals surface area contributed by atoms with E-state index >= 15 is 0 Å². The number of benzene rings is 2. The summed E-state index contributed by atoms with van der Waals surface area (Å²) < 4.78 is 0. The van der Waals surface area contributed by atoms with Crippen LogP contribution in [0, 0.1) is 0 Å². The monoisotopic (exact) mass is 316 g/mol. The first-order valence-electron chi connectivity index (χ1n) is 7.24. The van der Waals surface area contributed by atoms with E-state index in [0.717, 1.165) is 24.1 Å². The third-order valence-electron chi connectivity index (χ3n) is 3.79. The van der Waals surface area contributed by atoms with E-state index in [4.69, 9.17) is 11.6 Å². The van der Waals surface area contributed by atoms with Gasteiger partial charge in [0, 0.05) is 22.8 Å². The molecule has 5 heteroatoms. The standard InChI is InChI=1S/C17H17ClN2O2/c18-12-4-2-5-13(9-12)19-17(22)20-16-6-1-3-11-7-8-14(21)10-15(11)16/h1-6,9,14,21H,7-8,10H2,(H2,19,20,22). The Morgan fingerprint density at radius 1 is 1.18 bits per heavy atom. The number of carbonyl (C=O) groups is 1. The Hall–Kier alpha value is -2.04. The van der Waals surface area contributed by atoms with Crippen molar-refractivity contribution in [1.82, 2.24) is 0 Å². The summed E-state index contributed by atoms with van der Waals surface area (Å²) in [6.07, 6.45) is 1.84. The molecule has 0 aliphatic heterocycles. The molecule has 0 spiro atoms. The van der Waals surface area contributed by atoms with Gasteiger partial charge in [0.25, 0.3) is 0 Å². The highest BCUT2D eigenvalue weighted by Crippen LogP contribution is 2.28. The Balaban J connectivity index is 1.74. The van der Waals surface area contributed by atoms with Gasteiger partial charge in [-0.25, -0.2) is 4.79 Å². The van der Waals surface area contributed by atoms with Gasteiger partial charge in [-0.05, 0) is 48.2 Å². The first kappa shape index (κ1) is 14.9. The molecule has 22 heavy (non-hydrogen) atoms. The Morgan fingerprint density at radius 3 is 2.82 bits per heavy atom. The molecule has 0 radical (unpaired) electrons. The number of carbonyl (C=O) groups excluding carboxylic acids is 1. The molecular formula is C17H17ClN2O2. The van der Waals surface area contributed by atoms with Crippen molar-refractivity contribution in [3.8, 4) is 0 Å². The Morgan fingerprint density at radius 2 is 2.00 bits per heavy atom. The highest BCUT2D eigenvalue weighted by molar-refractivity contribution is 6.30. The molecule has 0 saturated heterocycles. The number of rotatable bonds is 2. The first-order chi connectivity index (χ1) is 10.6. The highest BCUT2D eigenvalue weighted by atomic mass is 35.5. The number of anilines is 2. The lowest BCUT2D eigenvalue weighted by atomic mass is 9.88. The molecule has 1 aliphatic carbocycles. The van der Waals surface area contributed by atoms with Crippen LogP contribution in [0.2, 0.25) is 5.02 Å². The molecule has 0 fully saturated rings. The smallest absolute Gasteiger partial charge is 0.323 e. The number of aliphatic hydroxyl groups is 1. The molecule has 0 aromatic heterocycles. The van der Waals surface area contributed by atoms with Crippen LogP contribution < -0.4 is 10.6 Å². The number of nitrogens with one attached hydrogen (secondary N) is 2. The molecule has 1 aliphatic rings. The lowest BCUT2D eigenvalue weighted by Gasteiger charge is -2.23. The van der Waals surface area contributed by atoms with Gasteiger partial charge in [-0.2, -0.15) is 0 Å². The molecule has 0 saturated carbocycles. The van der Waals surface area contributed by atoms with Crippen molar-refractivity contribution in [2.45, 2.75) is 25.4 Å². The zero-order valence-corrected chi connectivity index (χ0v) is 12.7. The molecule has 0 bridgehead atoms. The van der Waals surface area contributed by atoms with Gasteiger partial charge < -0.3 is 15.7 Å². The molecule has 2 amide bonds. The van der Waals surface area contributed by atoms with Crippen LogP contribution in [-0.2, 0) is 12.8 Å². The lowest BCUT2D eigenvalue weighted by molar-refractivity contribution is 0.159. The van der Waals surface area contributed by atoms with Crippen molar-refractivity contribution in [2.75, 3.05) is 10.6 Å². The largest absolute Gasteiger partial charge is 0.393 e. The van der Waals surface area contributed by atoms with Crippen LogP contribution in [0.5, 0.6) is 0 Å². The molecule has 0 heterocycles. The van der Waals surface area contributed by atoms with Crippen LogP contribution in [0.25, 0.3) is 0 Å². The van der Waals surface area contributed by atoms with Gasteiger partial charge in [0.1, 0.15) is 0 Å². The summed E-state index contributed by atoms with van der Waals surface area (Å²) >= 11 is 5.90. The normalized spacial score (nSPS) is 16.7. The first-order valence-corrected chi connectivity index (χ1v) is 7.62. The summed E-state index contributed by atoms with van der Waals surface area (Å²) in [6, 6.07) is 12.5. The van der Waals surface area contributed by atoms with Gasteiger partial charge >= 0.3 is 6.03 Å². The van der Waals surface area contributed by atoms with Gasteiger partial charge in [0.15, 0.2) is 0 Å². The molecule has 114 valence electrons.